The van der Waals surface area contributed by atoms with E-state index in [1.54, 1.807) is 13.1 Å². The quantitative estimate of drug-likeness (QED) is 0.831. The van der Waals surface area contributed by atoms with Crippen molar-refractivity contribution in [1.82, 2.24) is 4.98 Å². The van der Waals surface area contributed by atoms with Gasteiger partial charge in [-0.1, -0.05) is 18.2 Å². The predicted molar refractivity (Wildman–Crippen MR) is 70.1 cm³/mol. The highest BCUT2D eigenvalue weighted by atomic mass is 16.5. The van der Waals surface area contributed by atoms with Gasteiger partial charge in [-0.15, -0.1) is 0 Å². The smallest absolute Gasteiger partial charge is 0.323 e. The lowest BCUT2D eigenvalue weighted by Crippen LogP contribution is -2.34. The topological polar surface area (TPSA) is 65.2 Å². The van der Waals surface area contributed by atoms with Gasteiger partial charge in [0, 0.05) is 11.6 Å². The van der Waals surface area contributed by atoms with E-state index in [0.29, 0.717) is 13.0 Å². The molecule has 0 saturated carbocycles. The van der Waals surface area contributed by atoms with E-state index in [9.17, 15) is 4.79 Å². The number of ether oxygens (including phenoxy) is 1. The minimum absolute atomic E-state index is 0.351. The highest BCUT2D eigenvalue weighted by molar-refractivity contribution is 5.83. The van der Waals surface area contributed by atoms with Crippen LogP contribution in [0, 0.1) is 0 Å². The van der Waals surface area contributed by atoms with E-state index in [1.165, 1.54) is 0 Å². The van der Waals surface area contributed by atoms with Crippen LogP contribution in [0.3, 0.4) is 0 Å². The van der Waals surface area contributed by atoms with E-state index in [1.807, 2.05) is 30.3 Å². The summed E-state index contributed by atoms with van der Waals surface area (Å²) in [5.74, 6) is -0.363. The van der Waals surface area contributed by atoms with Crippen LogP contribution in [0.2, 0.25) is 0 Å². The van der Waals surface area contributed by atoms with Gasteiger partial charge in [-0.3, -0.25) is 9.78 Å². The van der Waals surface area contributed by atoms with Crippen molar-refractivity contribution in [2.75, 3.05) is 6.61 Å². The van der Waals surface area contributed by atoms with Crippen LogP contribution in [-0.2, 0) is 16.0 Å². The molecule has 2 N–H and O–H groups in total. The zero-order valence-corrected chi connectivity index (χ0v) is 10.3. The fourth-order valence-corrected chi connectivity index (χ4v) is 1.90. The number of pyridine rings is 1. The van der Waals surface area contributed by atoms with Gasteiger partial charge < -0.3 is 10.5 Å². The molecule has 0 saturated heterocycles. The van der Waals surface area contributed by atoms with Gasteiger partial charge in [0.15, 0.2) is 0 Å². The average molecular weight is 244 g/mol. The van der Waals surface area contributed by atoms with E-state index in [-0.39, 0.29) is 5.97 Å². The minimum atomic E-state index is -0.629. The third-order valence-corrected chi connectivity index (χ3v) is 2.77. The fourth-order valence-electron chi connectivity index (χ4n) is 1.90. The highest BCUT2D eigenvalue weighted by Gasteiger charge is 2.16. The lowest BCUT2D eigenvalue weighted by molar-refractivity contribution is -0.144. The first-order chi connectivity index (χ1) is 8.72. The van der Waals surface area contributed by atoms with Crippen molar-refractivity contribution in [2.24, 2.45) is 5.73 Å². The van der Waals surface area contributed by atoms with Gasteiger partial charge in [-0.2, -0.15) is 0 Å². The van der Waals surface area contributed by atoms with Crippen molar-refractivity contribution in [2.45, 2.75) is 19.4 Å². The molecule has 1 atom stereocenters. The molecular formula is C14H16N2O2. The summed E-state index contributed by atoms with van der Waals surface area (Å²) in [6.45, 7) is 2.12. The summed E-state index contributed by atoms with van der Waals surface area (Å²) in [6.07, 6.45) is 2.19. The van der Waals surface area contributed by atoms with Crippen molar-refractivity contribution in [1.29, 1.82) is 0 Å². The van der Waals surface area contributed by atoms with Crippen LogP contribution in [0.25, 0.3) is 10.9 Å². The molecule has 0 fully saturated rings. The van der Waals surface area contributed by atoms with Crippen LogP contribution >= 0.6 is 0 Å². The Morgan fingerprint density at radius 2 is 2.17 bits per heavy atom. The zero-order chi connectivity index (χ0) is 13.0. The van der Waals surface area contributed by atoms with Gasteiger partial charge in [0.2, 0.25) is 0 Å². The molecule has 94 valence electrons. The predicted octanol–water partition coefficient (Wildman–Crippen LogP) is 1.67. The molecule has 0 aliphatic rings. The molecule has 0 bridgehead atoms. The second-order valence-corrected chi connectivity index (χ2v) is 4.05. The number of hydrogen-bond donors (Lipinski definition) is 1. The lowest BCUT2D eigenvalue weighted by Gasteiger charge is -2.12. The first-order valence-corrected chi connectivity index (χ1v) is 5.97. The van der Waals surface area contributed by atoms with Crippen LogP contribution in [0.5, 0.6) is 0 Å². The Balaban J connectivity index is 2.24. The van der Waals surface area contributed by atoms with Gasteiger partial charge in [0.25, 0.3) is 0 Å². The first-order valence-electron chi connectivity index (χ1n) is 5.97. The summed E-state index contributed by atoms with van der Waals surface area (Å²) in [7, 11) is 0. The average Bonchev–Trinajstić information content (AvgIpc) is 2.39. The minimum Gasteiger partial charge on any atom is -0.465 e. The summed E-state index contributed by atoms with van der Waals surface area (Å²) in [5.41, 5.74) is 7.75. The van der Waals surface area contributed by atoms with Gasteiger partial charge >= 0.3 is 5.97 Å². The van der Waals surface area contributed by atoms with Crippen molar-refractivity contribution in [3.05, 3.63) is 42.1 Å². The fraction of sp³-hybridized carbons (Fsp3) is 0.286. The molecular weight excluding hydrogens is 228 g/mol. The van der Waals surface area contributed by atoms with Crippen molar-refractivity contribution in [3.63, 3.8) is 0 Å². The van der Waals surface area contributed by atoms with Crippen molar-refractivity contribution < 1.29 is 9.53 Å². The van der Waals surface area contributed by atoms with Gasteiger partial charge in [0.05, 0.1) is 12.1 Å². The van der Waals surface area contributed by atoms with Crippen LogP contribution in [-0.4, -0.2) is 23.6 Å². The number of esters is 1. The third-order valence-electron chi connectivity index (χ3n) is 2.77. The normalized spacial score (nSPS) is 12.3. The molecule has 1 aromatic heterocycles. The van der Waals surface area contributed by atoms with Crippen LogP contribution in [0.15, 0.2) is 36.5 Å². The first kappa shape index (κ1) is 12.5. The molecule has 1 unspecified atom stereocenters. The van der Waals surface area contributed by atoms with E-state index in [4.69, 9.17) is 10.5 Å². The Kier molecular flexibility index (Phi) is 3.89. The molecule has 4 heteroatoms. The number of nitrogens with zero attached hydrogens (tertiary/aromatic N) is 1. The Morgan fingerprint density at radius 3 is 2.94 bits per heavy atom. The molecule has 0 amide bonds. The highest BCUT2D eigenvalue weighted by Crippen LogP contribution is 2.17. The maximum atomic E-state index is 11.5. The number of aromatic nitrogens is 1. The second-order valence-electron chi connectivity index (χ2n) is 4.05. The summed E-state index contributed by atoms with van der Waals surface area (Å²) in [5, 5.41) is 1.03. The zero-order valence-electron chi connectivity index (χ0n) is 10.3. The SMILES string of the molecule is CCOC(=O)C(N)Cc1ccnc2ccccc12. The van der Waals surface area contributed by atoms with E-state index >= 15 is 0 Å². The molecule has 0 radical (unpaired) electrons. The molecule has 2 aromatic rings. The number of benzene rings is 1. The van der Waals surface area contributed by atoms with Crippen molar-refractivity contribution in [3.8, 4) is 0 Å². The summed E-state index contributed by atoms with van der Waals surface area (Å²) in [4.78, 5) is 15.8. The maximum absolute atomic E-state index is 11.5. The van der Waals surface area contributed by atoms with Gasteiger partial charge in [-0.05, 0) is 31.0 Å². The van der Waals surface area contributed by atoms with Crippen LogP contribution in [0.1, 0.15) is 12.5 Å². The Bertz CT molecular complexity index is 549. The van der Waals surface area contributed by atoms with Gasteiger partial charge in [0.1, 0.15) is 6.04 Å². The number of para-hydroxylation sites is 1. The molecule has 1 aromatic carbocycles. The van der Waals surface area contributed by atoms with Crippen LogP contribution in [0.4, 0.5) is 0 Å². The molecule has 2 rings (SSSR count). The molecule has 1 heterocycles. The largest absolute Gasteiger partial charge is 0.465 e. The van der Waals surface area contributed by atoms with Crippen LogP contribution < -0.4 is 5.73 Å². The van der Waals surface area contributed by atoms with E-state index < -0.39 is 6.04 Å². The Morgan fingerprint density at radius 1 is 1.39 bits per heavy atom. The molecule has 0 spiro atoms. The number of carbonyl (C=O) groups excluding carboxylic acids is 1. The third kappa shape index (κ3) is 2.65. The number of rotatable bonds is 4. The number of hydrogen-bond acceptors (Lipinski definition) is 4. The molecule has 0 aliphatic carbocycles. The monoisotopic (exact) mass is 244 g/mol. The van der Waals surface area contributed by atoms with Gasteiger partial charge in [-0.25, -0.2) is 0 Å². The summed E-state index contributed by atoms with van der Waals surface area (Å²) in [6, 6.07) is 9.06. The molecule has 18 heavy (non-hydrogen) atoms. The van der Waals surface area contributed by atoms with Crippen molar-refractivity contribution >= 4 is 16.9 Å². The Labute approximate surface area is 106 Å². The number of carbonyl (C=O) groups is 1. The maximum Gasteiger partial charge on any atom is 0.323 e. The standard InChI is InChI=1S/C14H16N2O2/c1-2-18-14(17)12(15)9-10-7-8-16-13-6-4-3-5-11(10)13/h3-8,12H,2,9,15H2,1H3. The molecule has 0 aliphatic heterocycles. The number of nitrogens with two attached hydrogens (primary N) is 1. The van der Waals surface area contributed by atoms with E-state index in [2.05, 4.69) is 4.98 Å². The molecule has 4 nitrogen and oxygen atoms in total. The van der Waals surface area contributed by atoms with E-state index in [0.717, 1.165) is 16.5 Å². The Hall–Kier alpha value is -1.94. The lowest BCUT2D eigenvalue weighted by atomic mass is 10.0. The number of fused-ring (bicyclic) bond motifs is 1. The summed E-state index contributed by atoms with van der Waals surface area (Å²) >= 11 is 0. The summed E-state index contributed by atoms with van der Waals surface area (Å²) < 4.78 is 4.91. The second kappa shape index (κ2) is 5.60.